The van der Waals surface area contributed by atoms with E-state index >= 15 is 0 Å². The Labute approximate surface area is 75.8 Å². The molecule has 4 heteroatoms. The molecule has 0 spiro atoms. The summed E-state index contributed by atoms with van der Waals surface area (Å²) in [6, 6.07) is 5.22. The average molecular weight is 179 g/mol. The van der Waals surface area contributed by atoms with Crippen LogP contribution in [0, 0.1) is 0 Å². The van der Waals surface area contributed by atoms with Crippen LogP contribution in [-0.4, -0.2) is 9.97 Å². The molecule has 0 saturated heterocycles. The van der Waals surface area contributed by atoms with E-state index in [0.29, 0.717) is 5.69 Å². The van der Waals surface area contributed by atoms with Crippen LogP contribution < -0.4 is 11.4 Å². The van der Waals surface area contributed by atoms with Crippen molar-refractivity contribution in [3.05, 3.63) is 28.7 Å². The van der Waals surface area contributed by atoms with E-state index in [4.69, 9.17) is 5.73 Å². The van der Waals surface area contributed by atoms with Gasteiger partial charge >= 0.3 is 5.69 Å². The highest BCUT2D eigenvalue weighted by atomic mass is 16.1. The van der Waals surface area contributed by atoms with E-state index in [-0.39, 0.29) is 5.69 Å². The lowest BCUT2D eigenvalue weighted by atomic mass is 10.3. The maximum Gasteiger partial charge on any atom is 0.323 e. The van der Waals surface area contributed by atoms with E-state index in [9.17, 15) is 4.79 Å². The van der Waals surface area contributed by atoms with Crippen molar-refractivity contribution in [2.75, 3.05) is 5.73 Å². The largest absolute Gasteiger partial charge is 0.399 e. The van der Waals surface area contributed by atoms with Gasteiger partial charge in [0.25, 0.3) is 0 Å². The molecule has 0 fully saturated rings. The molecule has 0 amide bonds. The molecule has 0 atom stereocenters. The summed E-state index contributed by atoms with van der Waals surface area (Å²) in [5.41, 5.74) is 7.47. The summed E-state index contributed by atoms with van der Waals surface area (Å²) < 4.78 is 0. The Morgan fingerprint density at radius 3 is 2.46 bits per heavy atom. The lowest BCUT2D eigenvalue weighted by Crippen LogP contribution is -1.99. The molecule has 1 aromatic carbocycles. The minimum absolute atomic E-state index is 0.203. The number of imidazole rings is 1. The standard InChI is InChI=1S/C7H7N3O.C2H6/c8-4-1-2-5-6(3-4)10-7(11)9-5;1-2/h1-3H,8H2,(H2,9,10,11);1-2H3. The molecule has 0 bridgehead atoms. The Morgan fingerprint density at radius 2 is 1.77 bits per heavy atom. The molecule has 1 heterocycles. The number of hydrogen-bond donors (Lipinski definition) is 3. The van der Waals surface area contributed by atoms with E-state index in [2.05, 4.69) is 9.97 Å². The molecule has 4 N–H and O–H groups in total. The normalized spacial score (nSPS) is 9.38. The van der Waals surface area contributed by atoms with E-state index in [0.717, 1.165) is 11.0 Å². The van der Waals surface area contributed by atoms with Crippen LogP contribution in [0.4, 0.5) is 5.69 Å². The Hall–Kier alpha value is -1.71. The topological polar surface area (TPSA) is 74.7 Å². The van der Waals surface area contributed by atoms with Gasteiger partial charge in [-0.3, -0.25) is 0 Å². The first-order valence-corrected chi connectivity index (χ1v) is 4.23. The fourth-order valence-electron chi connectivity index (χ4n) is 1.05. The van der Waals surface area contributed by atoms with Crippen molar-refractivity contribution in [3.8, 4) is 0 Å². The highest BCUT2D eigenvalue weighted by molar-refractivity contribution is 5.77. The summed E-state index contributed by atoms with van der Waals surface area (Å²) in [4.78, 5) is 16.0. The van der Waals surface area contributed by atoms with Crippen molar-refractivity contribution in [3.63, 3.8) is 0 Å². The van der Waals surface area contributed by atoms with Gasteiger partial charge in [-0.1, -0.05) is 13.8 Å². The third kappa shape index (κ3) is 1.90. The summed E-state index contributed by atoms with van der Waals surface area (Å²) in [5.74, 6) is 0. The Bertz CT molecular complexity index is 441. The smallest absolute Gasteiger partial charge is 0.323 e. The molecule has 0 aliphatic rings. The van der Waals surface area contributed by atoms with Crippen molar-refractivity contribution in [1.29, 1.82) is 0 Å². The molecule has 2 aromatic rings. The second-order valence-corrected chi connectivity index (χ2v) is 2.38. The van der Waals surface area contributed by atoms with Crippen LogP contribution in [-0.2, 0) is 0 Å². The number of benzene rings is 1. The van der Waals surface area contributed by atoms with Crippen molar-refractivity contribution < 1.29 is 0 Å². The minimum atomic E-state index is -0.203. The molecule has 0 radical (unpaired) electrons. The second-order valence-electron chi connectivity index (χ2n) is 2.38. The number of nitrogens with one attached hydrogen (secondary N) is 2. The zero-order valence-corrected chi connectivity index (χ0v) is 7.72. The summed E-state index contributed by atoms with van der Waals surface area (Å²) in [6.45, 7) is 4.00. The fourth-order valence-corrected chi connectivity index (χ4v) is 1.05. The Kier molecular flexibility index (Phi) is 2.74. The first kappa shape index (κ1) is 9.38. The van der Waals surface area contributed by atoms with E-state index in [1.807, 2.05) is 13.8 Å². The van der Waals surface area contributed by atoms with Gasteiger partial charge < -0.3 is 15.7 Å². The molecule has 0 aliphatic carbocycles. The van der Waals surface area contributed by atoms with Crippen LogP contribution in [0.15, 0.2) is 23.0 Å². The zero-order valence-electron chi connectivity index (χ0n) is 7.72. The number of nitrogens with two attached hydrogens (primary N) is 1. The lowest BCUT2D eigenvalue weighted by molar-refractivity contribution is 1.22. The second kappa shape index (κ2) is 3.80. The van der Waals surface area contributed by atoms with Gasteiger partial charge in [-0.05, 0) is 18.2 Å². The van der Waals surface area contributed by atoms with Gasteiger partial charge in [0.1, 0.15) is 0 Å². The maximum atomic E-state index is 10.7. The number of fused-ring (bicyclic) bond motifs is 1. The number of H-pyrrole nitrogens is 2. The predicted molar refractivity (Wildman–Crippen MR) is 54.7 cm³/mol. The predicted octanol–water partition coefficient (Wildman–Crippen LogP) is 1.46. The molecule has 0 saturated carbocycles. The van der Waals surface area contributed by atoms with Crippen LogP contribution >= 0.6 is 0 Å². The minimum Gasteiger partial charge on any atom is -0.399 e. The average Bonchev–Trinajstić information content (AvgIpc) is 2.48. The van der Waals surface area contributed by atoms with Crippen molar-refractivity contribution in [2.24, 2.45) is 0 Å². The van der Waals surface area contributed by atoms with E-state index in [1.54, 1.807) is 18.2 Å². The number of anilines is 1. The van der Waals surface area contributed by atoms with Gasteiger partial charge in [0, 0.05) is 5.69 Å². The number of aromatic nitrogens is 2. The third-order valence-corrected chi connectivity index (χ3v) is 1.54. The van der Waals surface area contributed by atoms with E-state index in [1.165, 1.54) is 0 Å². The van der Waals surface area contributed by atoms with E-state index < -0.39 is 0 Å². The quantitative estimate of drug-likeness (QED) is 0.535. The van der Waals surface area contributed by atoms with Crippen LogP contribution in [0.2, 0.25) is 0 Å². The SMILES string of the molecule is CC.Nc1ccc2[nH]c(=O)[nH]c2c1. The number of aromatic amines is 2. The number of hydrogen-bond acceptors (Lipinski definition) is 2. The molecule has 1 aromatic heterocycles. The highest BCUT2D eigenvalue weighted by Crippen LogP contribution is 2.10. The Balaban J connectivity index is 0.000000396. The molecule has 70 valence electrons. The fraction of sp³-hybridized carbons (Fsp3) is 0.222. The summed E-state index contributed by atoms with van der Waals surface area (Å²) in [5, 5.41) is 0. The van der Waals surface area contributed by atoms with Crippen LogP contribution in [0.3, 0.4) is 0 Å². The molecule has 0 unspecified atom stereocenters. The van der Waals surface area contributed by atoms with Crippen molar-refractivity contribution in [2.45, 2.75) is 13.8 Å². The summed E-state index contributed by atoms with van der Waals surface area (Å²) >= 11 is 0. The number of rotatable bonds is 0. The highest BCUT2D eigenvalue weighted by Gasteiger charge is 1.95. The molecular formula is C9H13N3O. The van der Waals surface area contributed by atoms with Crippen molar-refractivity contribution >= 4 is 16.7 Å². The van der Waals surface area contributed by atoms with Crippen LogP contribution in [0.25, 0.3) is 11.0 Å². The van der Waals surface area contributed by atoms with Crippen LogP contribution in [0.5, 0.6) is 0 Å². The Morgan fingerprint density at radius 1 is 1.15 bits per heavy atom. The summed E-state index contributed by atoms with van der Waals surface area (Å²) in [7, 11) is 0. The van der Waals surface area contributed by atoms with Gasteiger partial charge in [-0.25, -0.2) is 4.79 Å². The zero-order chi connectivity index (χ0) is 9.84. The molecule has 2 rings (SSSR count). The van der Waals surface area contributed by atoms with Gasteiger partial charge in [0.2, 0.25) is 0 Å². The van der Waals surface area contributed by atoms with Gasteiger partial charge in [-0.15, -0.1) is 0 Å². The van der Waals surface area contributed by atoms with Gasteiger partial charge in [0.15, 0.2) is 0 Å². The first-order valence-electron chi connectivity index (χ1n) is 4.23. The summed E-state index contributed by atoms with van der Waals surface area (Å²) in [6.07, 6.45) is 0. The van der Waals surface area contributed by atoms with Gasteiger partial charge in [0.05, 0.1) is 11.0 Å². The molecular weight excluding hydrogens is 166 g/mol. The first-order chi connectivity index (χ1) is 6.25. The lowest BCUT2D eigenvalue weighted by Gasteiger charge is -1.89. The molecule has 4 nitrogen and oxygen atoms in total. The monoisotopic (exact) mass is 179 g/mol. The van der Waals surface area contributed by atoms with Crippen LogP contribution in [0.1, 0.15) is 13.8 Å². The maximum absolute atomic E-state index is 10.7. The third-order valence-electron chi connectivity index (χ3n) is 1.54. The van der Waals surface area contributed by atoms with Crippen molar-refractivity contribution in [1.82, 2.24) is 9.97 Å². The number of nitrogen functional groups attached to an aromatic ring is 1. The van der Waals surface area contributed by atoms with Gasteiger partial charge in [-0.2, -0.15) is 0 Å². The molecule has 13 heavy (non-hydrogen) atoms. The molecule has 0 aliphatic heterocycles.